The SMILES string of the molecule is CO[C@@H]1O[C@@H](CNC=O)[C@@H](O[C@@H]2O[C@@H](CO)[C@H](O)[C@H](O)[C@@H]2OC)[C@H](O)[C@@H]1NC(C)=O. The van der Waals surface area contributed by atoms with Crippen molar-refractivity contribution in [2.45, 2.75) is 68.3 Å². The quantitative estimate of drug-likeness (QED) is 0.192. The van der Waals surface area contributed by atoms with Gasteiger partial charge in [-0.05, 0) is 0 Å². The number of amides is 2. The molecule has 2 fully saturated rings. The fourth-order valence-corrected chi connectivity index (χ4v) is 3.58. The first-order valence-corrected chi connectivity index (χ1v) is 9.40. The van der Waals surface area contributed by atoms with Crippen LogP contribution in [-0.2, 0) is 33.3 Å². The lowest BCUT2D eigenvalue weighted by Gasteiger charge is -2.47. The largest absolute Gasteiger partial charge is 0.394 e. The van der Waals surface area contributed by atoms with Gasteiger partial charge in [-0.1, -0.05) is 0 Å². The Balaban J connectivity index is 2.28. The van der Waals surface area contributed by atoms with Crippen LogP contribution in [0.25, 0.3) is 0 Å². The number of rotatable bonds is 9. The van der Waals surface area contributed by atoms with Gasteiger partial charge in [0.15, 0.2) is 12.6 Å². The van der Waals surface area contributed by atoms with Crippen LogP contribution in [-0.4, -0.2) is 121 Å². The number of ether oxygens (including phenoxy) is 5. The van der Waals surface area contributed by atoms with Crippen molar-refractivity contribution < 1.29 is 53.7 Å². The number of methoxy groups -OCH3 is 2. The second-order valence-electron chi connectivity index (χ2n) is 7.03. The maximum atomic E-state index is 11.6. The number of aliphatic hydroxyl groups is 4. The molecule has 2 saturated heterocycles. The molecule has 10 atom stereocenters. The van der Waals surface area contributed by atoms with E-state index in [-0.39, 0.29) is 6.54 Å². The molecule has 2 aliphatic heterocycles. The third-order valence-corrected chi connectivity index (χ3v) is 5.07. The van der Waals surface area contributed by atoms with Crippen molar-refractivity contribution in [2.75, 3.05) is 27.4 Å². The molecule has 6 N–H and O–H groups in total. The van der Waals surface area contributed by atoms with Crippen molar-refractivity contribution in [2.24, 2.45) is 0 Å². The molecule has 13 heteroatoms. The Morgan fingerprint density at radius 2 is 1.67 bits per heavy atom. The third kappa shape index (κ3) is 5.43. The fraction of sp³-hybridized carbons (Fsp3) is 0.882. The van der Waals surface area contributed by atoms with E-state index in [9.17, 15) is 30.0 Å². The van der Waals surface area contributed by atoms with Crippen LogP contribution in [0.3, 0.4) is 0 Å². The molecule has 0 aliphatic carbocycles. The number of nitrogens with one attached hydrogen (secondary N) is 2. The number of carbonyl (C=O) groups excluding carboxylic acids is 2. The van der Waals surface area contributed by atoms with E-state index in [1.807, 2.05) is 0 Å². The van der Waals surface area contributed by atoms with E-state index in [1.54, 1.807) is 0 Å². The normalized spacial score (nSPS) is 41.8. The first kappa shape index (κ1) is 24.8. The smallest absolute Gasteiger partial charge is 0.217 e. The molecule has 2 amide bonds. The average molecular weight is 438 g/mol. The molecular formula is C17H30N2O11. The van der Waals surface area contributed by atoms with Crippen molar-refractivity contribution in [3.05, 3.63) is 0 Å². The maximum Gasteiger partial charge on any atom is 0.217 e. The van der Waals surface area contributed by atoms with E-state index in [0.717, 1.165) is 0 Å². The summed E-state index contributed by atoms with van der Waals surface area (Å²) in [6.45, 7) is 0.579. The molecule has 0 spiro atoms. The summed E-state index contributed by atoms with van der Waals surface area (Å²) in [7, 11) is 2.59. The molecule has 0 radical (unpaired) electrons. The first-order valence-electron chi connectivity index (χ1n) is 9.40. The molecular weight excluding hydrogens is 408 g/mol. The van der Waals surface area contributed by atoms with Crippen molar-refractivity contribution in [3.8, 4) is 0 Å². The molecule has 2 aliphatic rings. The highest BCUT2D eigenvalue weighted by molar-refractivity contribution is 5.73. The molecule has 174 valence electrons. The van der Waals surface area contributed by atoms with Crippen molar-refractivity contribution in [1.82, 2.24) is 10.6 Å². The molecule has 13 nitrogen and oxygen atoms in total. The van der Waals surface area contributed by atoms with Gasteiger partial charge < -0.3 is 54.7 Å². The van der Waals surface area contributed by atoms with Crippen LogP contribution >= 0.6 is 0 Å². The lowest BCUT2D eigenvalue weighted by molar-refractivity contribution is -0.346. The van der Waals surface area contributed by atoms with Crippen molar-refractivity contribution in [3.63, 3.8) is 0 Å². The van der Waals surface area contributed by atoms with Crippen LogP contribution in [0, 0.1) is 0 Å². The third-order valence-electron chi connectivity index (χ3n) is 5.07. The first-order chi connectivity index (χ1) is 14.3. The molecule has 0 saturated carbocycles. The van der Waals surface area contributed by atoms with Crippen LogP contribution in [0.1, 0.15) is 6.92 Å². The Bertz CT molecular complexity index is 568. The second-order valence-corrected chi connectivity index (χ2v) is 7.03. The Morgan fingerprint density at radius 1 is 1.00 bits per heavy atom. The minimum absolute atomic E-state index is 0.0726. The summed E-state index contributed by atoms with van der Waals surface area (Å²) in [6, 6.07) is -1.02. The lowest BCUT2D eigenvalue weighted by atomic mass is 9.95. The highest BCUT2D eigenvalue weighted by atomic mass is 16.7. The molecule has 0 aromatic rings. The van der Waals surface area contributed by atoms with Crippen molar-refractivity contribution in [1.29, 1.82) is 0 Å². The van der Waals surface area contributed by atoms with Crippen molar-refractivity contribution >= 4 is 12.3 Å². The minimum atomic E-state index is -1.45. The average Bonchev–Trinajstić information content (AvgIpc) is 2.72. The molecule has 2 rings (SSSR count). The zero-order chi connectivity index (χ0) is 22.4. The summed E-state index contributed by atoms with van der Waals surface area (Å²) in [4.78, 5) is 22.3. The predicted octanol–water partition coefficient (Wildman–Crippen LogP) is -4.19. The zero-order valence-electron chi connectivity index (χ0n) is 16.9. The van der Waals surface area contributed by atoms with Gasteiger partial charge in [-0.3, -0.25) is 9.59 Å². The van der Waals surface area contributed by atoms with E-state index >= 15 is 0 Å². The summed E-state index contributed by atoms with van der Waals surface area (Å²) in [5.74, 6) is -0.449. The standard InChI is InChI=1S/C17H30N2O11/c1-7(22)19-10-12(24)14(8(4-18-6-21)28-16(10)27-3)30-17-15(26-2)13(25)11(23)9(5-20)29-17/h6,8-17,20,23-25H,4-5H2,1-3H3,(H,18,21)(H,19,22)/t8-,9-,10-,11-,12+,13-,14+,15-,16+,17-/m0/s1. The monoisotopic (exact) mass is 438 g/mol. The molecule has 0 aromatic heterocycles. The van der Waals surface area contributed by atoms with Gasteiger partial charge in [-0.25, -0.2) is 0 Å². The van der Waals surface area contributed by atoms with E-state index in [1.165, 1.54) is 21.1 Å². The fourth-order valence-electron chi connectivity index (χ4n) is 3.58. The van der Waals surface area contributed by atoms with E-state index in [2.05, 4.69) is 10.6 Å². The van der Waals surface area contributed by atoms with E-state index in [0.29, 0.717) is 6.41 Å². The summed E-state index contributed by atoms with van der Waals surface area (Å²) < 4.78 is 27.5. The summed E-state index contributed by atoms with van der Waals surface area (Å²) in [6.07, 6.45) is -10.6. The van der Waals surface area contributed by atoms with Crippen LogP contribution in [0.5, 0.6) is 0 Å². The summed E-state index contributed by atoms with van der Waals surface area (Å²) in [5, 5.41) is 45.6. The Morgan fingerprint density at radius 3 is 2.20 bits per heavy atom. The summed E-state index contributed by atoms with van der Waals surface area (Å²) in [5.41, 5.74) is 0. The van der Waals surface area contributed by atoms with Gasteiger partial charge in [-0.15, -0.1) is 0 Å². The second kappa shape index (κ2) is 11.3. The van der Waals surface area contributed by atoms with E-state index < -0.39 is 73.9 Å². The molecule has 0 unspecified atom stereocenters. The zero-order valence-corrected chi connectivity index (χ0v) is 16.9. The molecule has 30 heavy (non-hydrogen) atoms. The molecule has 0 bridgehead atoms. The van der Waals surface area contributed by atoms with Crippen LogP contribution in [0.2, 0.25) is 0 Å². The van der Waals surface area contributed by atoms with E-state index in [4.69, 9.17) is 23.7 Å². The maximum absolute atomic E-state index is 11.6. The van der Waals surface area contributed by atoms with Gasteiger partial charge in [-0.2, -0.15) is 0 Å². The van der Waals surface area contributed by atoms with Crippen LogP contribution in [0.4, 0.5) is 0 Å². The van der Waals surface area contributed by atoms with Gasteiger partial charge in [0.2, 0.25) is 12.3 Å². The van der Waals surface area contributed by atoms with Gasteiger partial charge in [0, 0.05) is 27.7 Å². The number of carbonyl (C=O) groups is 2. The van der Waals surface area contributed by atoms with Gasteiger partial charge in [0.25, 0.3) is 0 Å². The minimum Gasteiger partial charge on any atom is -0.394 e. The number of hydrogen-bond acceptors (Lipinski definition) is 11. The Kier molecular flexibility index (Phi) is 9.33. The highest BCUT2D eigenvalue weighted by Crippen LogP contribution is 2.30. The number of hydrogen-bond donors (Lipinski definition) is 6. The Labute approximate surface area is 173 Å². The topological polar surface area (TPSA) is 185 Å². The van der Waals surface area contributed by atoms with Crippen LogP contribution in [0.15, 0.2) is 0 Å². The summed E-state index contributed by atoms with van der Waals surface area (Å²) >= 11 is 0. The highest BCUT2D eigenvalue weighted by Gasteiger charge is 2.51. The Hall–Kier alpha value is -1.42. The lowest BCUT2D eigenvalue weighted by Crippen LogP contribution is -2.68. The molecule has 0 aromatic carbocycles. The van der Waals surface area contributed by atoms with Gasteiger partial charge >= 0.3 is 0 Å². The van der Waals surface area contributed by atoms with Gasteiger partial charge in [0.05, 0.1) is 6.61 Å². The number of aliphatic hydroxyl groups excluding tert-OH is 4. The van der Waals surface area contributed by atoms with Crippen LogP contribution < -0.4 is 10.6 Å². The molecule has 2 heterocycles. The van der Waals surface area contributed by atoms with Gasteiger partial charge in [0.1, 0.15) is 48.8 Å². The predicted molar refractivity (Wildman–Crippen MR) is 96.8 cm³/mol.